The molecule has 3 N–H and O–H groups in total. The van der Waals surface area contributed by atoms with Gasteiger partial charge in [-0.3, -0.25) is 14.8 Å². The summed E-state index contributed by atoms with van der Waals surface area (Å²) in [7, 11) is 3.53. The molecular weight excluding hydrogens is 747 g/mol. The minimum atomic E-state index is -0.836. The van der Waals surface area contributed by atoms with Crippen molar-refractivity contribution >= 4 is 42.4 Å². The summed E-state index contributed by atoms with van der Waals surface area (Å²) in [6.45, 7) is 11.0. The summed E-state index contributed by atoms with van der Waals surface area (Å²) < 4.78 is 4.89. The lowest BCUT2D eigenvalue weighted by atomic mass is 9.75. The number of alkyl carbamates (subject to hydrolysis) is 1. The number of hydrogen-bond donors (Lipinski definition) is 3. The van der Waals surface area contributed by atoms with Gasteiger partial charge in [0, 0.05) is 49.5 Å². The van der Waals surface area contributed by atoms with Gasteiger partial charge >= 0.3 is 6.09 Å². The number of allylic oxidation sites excluding steroid dienone is 4. The Morgan fingerprint density at radius 3 is 2.45 bits per heavy atom. The van der Waals surface area contributed by atoms with Crippen LogP contribution < -0.4 is 16.0 Å². The molecule has 3 aliphatic carbocycles. The number of nitrogens with zero attached hydrogens (tertiary/aromatic N) is 4. The van der Waals surface area contributed by atoms with Gasteiger partial charge in [0.2, 0.25) is 5.91 Å². The maximum Gasteiger partial charge on any atom is 0.407 e. The minimum Gasteiger partial charge on any atom is -0.453 e. The average Bonchev–Trinajstić information content (AvgIpc) is 4.12. The third-order valence-corrected chi connectivity index (χ3v) is 14.0. The molecule has 4 atom stereocenters. The fraction of sp³-hybridized carbons (Fsp3) is 0.440. The van der Waals surface area contributed by atoms with Crippen molar-refractivity contribution in [1.82, 2.24) is 20.4 Å². The van der Waals surface area contributed by atoms with E-state index in [9.17, 15) is 9.59 Å². The first kappa shape index (κ1) is 41.3. The van der Waals surface area contributed by atoms with E-state index in [1.165, 1.54) is 80.9 Å². The zero-order valence-electron chi connectivity index (χ0n) is 35.4. The Hall–Kier alpha value is -5.48. The van der Waals surface area contributed by atoms with Crippen molar-refractivity contribution in [1.29, 1.82) is 0 Å². The quantitative estimate of drug-likeness (QED) is 0.140. The van der Waals surface area contributed by atoms with Crippen molar-refractivity contribution in [2.75, 3.05) is 45.7 Å². The highest BCUT2D eigenvalue weighted by molar-refractivity contribution is 5.88. The standard InChI is InChI=1S/C50H61N7O3/c1-51-33-45(54-31-38-14-10-28-56(38)3)35-18-16-34(17-19-35)41-22-21-40(42-24-27-50(46(41)42)25-8-9-26-50)37-20-23-43(52-2)44(30-37)53-32-39-15-11-29-57(39)48(58)47(55-49(59)60-4)36-12-6-5-7-13-36/h5-7,12-13,16-18,20-23,30,33,35,38-39,47,53-54H,1-2,8-11,14-15,19,24-29,31-32H2,3-4H3,(H,55,59)/b45-33-. The molecule has 314 valence electrons. The van der Waals surface area contributed by atoms with Crippen LogP contribution in [0.4, 0.5) is 16.2 Å². The molecule has 4 unspecified atom stereocenters. The van der Waals surface area contributed by atoms with E-state index in [-0.39, 0.29) is 23.3 Å². The van der Waals surface area contributed by atoms with Gasteiger partial charge in [-0.2, -0.15) is 0 Å². The molecular formula is C50H61N7O3. The molecule has 3 aromatic carbocycles. The predicted octanol–water partition coefficient (Wildman–Crippen LogP) is 9.13. The number of anilines is 1. The lowest BCUT2D eigenvalue weighted by Gasteiger charge is -2.30. The van der Waals surface area contributed by atoms with Gasteiger partial charge in [-0.1, -0.05) is 79.6 Å². The molecule has 0 aromatic heterocycles. The van der Waals surface area contributed by atoms with Crippen LogP contribution in [0.3, 0.4) is 0 Å². The van der Waals surface area contributed by atoms with Gasteiger partial charge in [0.1, 0.15) is 6.04 Å². The molecule has 2 heterocycles. The number of rotatable bonds is 14. The number of methoxy groups -OCH3 is 1. The highest BCUT2D eigenvalue weighted by atomic mass is 16.5. The monoisotopic (exact) mass is 807 g/mol. The molecule has 0 radical (unpaired) electrons. The number of amides is 2. The number of ether oxygens (including phenoxy) is 1. The fourth-order valence-electron chi connectivity index (χ4n) is 10.8. The summed E-state index contributed by atoms with van der Waals surface area (Å²) in [6.07, 6.45) is 20.9. The molecule has 10 heteroatoms. The van der Waals surface area contributed by atoms with E-state index in [2.05, 4.69) is 99.9 Å². The smallest absolute Gasteiger partial charge is 0.407 e. The van der Waals surface area contributed by atoms with Crippen molar-refractivity contribution in [2.24, 2.45) is 15.9 Å². The van der Waals surface area contributed by atoms with Crippen molar-refractivity contribution < 1.29 is 14.3 Å². The Labute approximate surface area is 356 Å². The molecule has 10 nitrogen and oxygen atoms in total. The first-order chi connectivity index (χ1) is 29.3. The molecule has 0 bridgehead atoms. The molecule has 1 saturated carbocycles. The molecule has 3 fully saturated rings. The van der Waals surface area contributed by atoms with Crippen molar-refractivity contribution in [3.8, 4) is 11.1 Å². The Morgan fingerprint density at radius 2 is 1.73 bits per heavy atom. The number of carbonyl (C=O) groups is 2. The zero-order valence-corrected chi connectivity index (χ0v) is 35.4. The first-order valence-corrected chi connectivity index (χ1v) is 22.0. The Morgan fingerprint density at radius 1 is 0.950 bits per heavy atom. The summed E-state index contributed by atoms with van der Waals surface area (Å²) in [6, 6.07) is 20.2. The molecule has 2 amide bonds. The van der Waals surface area contributed by atoms with Gasteiger partial charge in [-0.15, -0.1) is 0 Å². The second kappa shape index (κ2) is 18.4. The Kier molecular flexibility index (Phi) is 12.7. The minimum absolute atomic E-state index is 0.0592. The van der Waals surface area contributed by atoms with E-state index in [1.807, 2.05) is 41.4 Å². The Balaban J connectivity index is 1.03. The highest BCUT2D eigenvalue weighted by Gasteiger charge is 2.44. The van der Waals surface area contributed by atoms with Gasteiger partial charge in [-0.05, 0) is 141 Å². The van der Waals surface area contributed by atoms with Crippen molar-refractivity contribution in [3.05, 3.63) is 113 Å². The van der Waals surface area contributed by atoms with E-state index in [4.69, 9.17) is 4.74 Å². The number of fused-ring (bicyclic) bond motifs is 2. The number of carbonyl (C=O) groups excluding carboxylic acids is 2. The summed E-state index contributed by atoms with van der Waals surface area (Å²) >= 11 is 0. The third-order valence-electron chi connectivity index (χ3n) is 14.0. The highest BCUT2D eigenvalue weighted by Crippen LogP contribution is 2.55. The summed E-state index contributed by atoms with van der Waals surface area (Å²) in [4.78, 5) is 39.3. The van der Waals surface area contributed by atoms with Gasteiger partial charge in [0.15, 0.2) is 0 Å². The van der Waals surface area contributed by atoms with Crippen molar-refractivity contribution in [3.63, 3.8) is 0 Å². The maximum atomic E-state index is 14.1. The van der Waals surface area contributed by atoms with Gasteiger partial charge in [-0.25, -0.2) is 4.79 Å². The van der Waals surface area contributed by atoms with Gasteiger partial charge < -0.3 is 30.5 Å². The second-order valence-corrected chi connectivity index (χ2v) is 17.4. The van der Waals surface area contributed by atoms with Gasteiger partial charge in [0.05, 0.1) is 18.5 Å². The third kappa shape index (κ3) is 8.44. The predicted molar refractivity (Wildman–Crippen MR) is 244 cm³/mol. The van der Waals surface area contributed by atoms with Crippen LogP contribution in [0.25, 0.3) is 16.7 Å². The van der Waals surface area contributed by atoms with Crippen LogP contribution in [-0.2, 0) is 21.4 Å². The topological polar surface area (TPSA) is 111 Å². The van der Waals surface area contributed by atoms with Gasteiger partial charge in [0.25, 0.3) is 0 Å². The number of nitrogens with one attached hydrogen (secondary N) is 3. The molecule has 8 rings (SSSR count). The zero-order chi connectivity index (χ0) is 41.6. The maximum absolute atomic E-state index is 14.1. The number of likely N-dealkylation sites (tertiary alicyclic amines) is 2. The summed E-state index contributed by atoms with van der Waals surface area (Å²) in [5.74, 6) is 0.106. The lowest BCUT2D eigenvalue weighted by molar-refractivity contribution is -0.134. The van der Waals surface area contributed by atoms with Crippen LogP contribution in [-0.4, -0.2) is 87.7 Å². The largest absolute Gasteiger partial charge is 0.453 e. The molecule has 5 aliphatic rings. The van der Waals surface area contributed by atoms with Crippen LogP contribution in [0, 0.1) is 5.92 Å². The van der Waals surface area contributed by atoms with Crippen LogP contribution >= 0.6 is 0 Å². The van der Waals surface area contributed by atoms with E-state index in [0.717, 1.165) is 60.4 Å². The van der Waals surface area contributed by atoms with Crippen LogP contribution in [0.2, 0.25) is 0 Å². The van der Waals surface area contributed by atoms with Crippen molar-refractivity contribution in [2.45, 2.75) is 94.2 Å². The molecule has 2 saturated heterocycles. The van der Waals surface area contributed by atoms with E-state index >= 15 is 0 Å². The normalized spacial score (nSPS) is 22.6. The molecule has 2 aliphatic heterocycles. The van der Waals surface area contributed by atoms with Crippen LogP contribution in [0.15, 0.2) is 101 Å². The number of likely N-dealkylation sites (N-methyl/N-ethyl adjacent to an activating group) is 1. The number of hydrogen-bond acceptors (Lipinski definition) is 8. The first-order valence-electron chi connectivity index (χ1n) is 22.0. The van der Waals surface area contributed by atoms with E-state index in [0.29, 0.717) is 19.1 Å². The summed E-state index contributed by atoms with van der Waals surface area (Å²) in [5.41, 5.74) is 12.0. The number of aliphatic imine (C=N–C) groups is 2. The Bertz CT molecular complexity index is 2170. The molecule has 1 spiro atoms. The summed E-state index contributed by atoms with van der Waals surface area (Å²) in [5, 5.41) is 10.2. The van der Waals surface area contributed by atoms with Crippen LogP contribution in [0.1, 0.15) is 92.5 Å². The van der Waals surface area contributed by atoms with Crippen LogP contribution in [0.5, 0.6) is 0 Å². The average molecular weight is 808 g/mol. The second-order valence-electron chi connectivity index (χ2n) is 17.4. The number of benzene rings is 3. The van der Waals surface area contributed by atoms with E-state index < -0.39 is 12.1 Å². The molecule has 60 heavy (non-hydrogen) atoms. The van der Waals surface area contributed by atoms with E-state index in [1.54, 1.807) is 5.56 Å². The fourth-order valence-corrected chi connectivity index (χ4v) is 10.8. The molecule has 3 aromatic rings. The lowest BCUT2D eigenvalue weighted by Crippen LogP contribution is -2.46. The SMILES string of the molecule is C=N/C=C(\NCC1CCCN1C)C1C=CC(c2ccc(-c3ccc(N=C)c(NCC4CCCN4C(=O)C(NC(=O)OC)c4ccccc4)c3)c3c2C2(CCCC2)CC3)=CC1.